The third kappa shape index (κ3) is 4.79. The normalized spacial score (nSPS) is 12.3. The summed E-state index contributed by atoms with van der Waals surface area (Å²) in [6, 6.07) is 2.21. The number of hydrogen-bond acceptors (Lipinski definition) is 3. The lowest BCUT2D eigenvalue weighted by molar-refractivity contribution is -0.111. The highest BCUT2D eigenvalue weighted by molar-refractivity contribution is 8.13. The van der Waals surface area contributed by atoms with Crippen LogP contribution in [0.5, 0.6) is 0 Å². The number of carbonyl (C=O) groups excluding carboxylic acids is 2. The summed E-state index contributed by atoms with van der Waals surface area (Å²) < 4.78 is 13.4. The Morgan fingerprint density at radius 3 is 2.58 bits per heavy atom. The molecule has 1 atom stereocenters. The maximum atomic E-state index is 13.4. The fourth-order valence-corrected chi connectivity index (χ4v) is 2.71. The first-order chi connectivity index (χ1) is 8.85. The van der Waals surface area contributed by atoms with E-state index in [1.54, 1.807) is 0 Å². The number of thioether (sulfide) groups is 1. The Balaban J connectivity index is 2.92. The Hall–Kier alpha value is -0.580. The second kappa shape index (κ2) is 7.27. The zero-order valence-electron chi connectivity index (χ0n) is 10.5. The van der Waals surface area contributed by atoms with E-state index in [-0.39, 0.29) is 21.6 Å². The highest BCUT2D eigenvalue weighted by Crippen LogP contribution is 2.32. The van der Waals surface area contributed by atoms with Crippen molar-refractivity contribution in [1.82, 2.24) is 0 Å². The summed E-state index contributed by atoms with van der Waals surface area (Å²) in [5.41, 5.74) is -0.273. The Bertz CT molecular complexity index is 506. The first-order valence-corrected chi connectivity index (χ1v) is 7.32. The fourth-order valence-electron chi connectivity index (χ4n) is 1.35. The summed E-state index contributed by atoms with van der Waals surface area (Å²) in [4.78, 5) is 23.2. The molecule has 0 spiro atoms. The molecule has 0 heterocycles. The lowest BCUT2D eigenvalue weighted by atomic mass is 10.1. The van der Waals surface area contributed by atoms with Crippen LogP contribution in [0.2, 0.25) is 5.02 Å². The molecule has 0 radical (unpaired) electrons. The molecular formula is C13H13Cl2FO2S. The molecule has 0 saturated carbocycles. The fraction of sp³-hybridized carbons (Fsp3) is 0.385. The minimum absolute atomic E-state index is 0.0733. The zero-order chi connectivity index (χ0) is 14.6. The van der Waals surface area contributed by atoms with Crippen LogP contribution in [-0.2, 0) is 4.79 Å². The van der Waals surface area contributed by atoms with E-state index in [0.29, 0.717) is 11.3 Å². The molecule has 19 heavy (non-hydrogen) atoms. The summed E-state index contributed by atoms with van der Waals surface area (Å²) in [5.74, 6) is -0.517. The smallest absolute Gasteiger partial charge is 0.255 e. The van der Waals surface area contributed by atoms with Gasteiger partial charge in [-0.15, -0.1) is 0 Å². The van der Waals surface area contributed by atoms with Gasteiger partial charge in [-0.2, -0.15) is 0 Å². The zero-order valence-corrected chi connectivity index (χ0v) is 12.8. The van der Waals surface area contributed by atoms with Crippen LogP contribution >= 0.6 is 35.0 Å². The molecule has 0 N–H and O–H groups in total. The van der Waals surface area contributed by atoms with Gasteiger partial charge in [-0.05, 0) is 29.7 Å². The van der Waals surface area contributed by atoms with E-state index in [1.165, 1.54) is 6.07 Å². The van der Waals surface area contributed by atoms with Gasteiger partial charge in [0.25, 0.3) is 5.24 Å². The molecule has 0 fully saturated rings. The predicted octanol–water partition coefficient (Wildman–Crippen LogP) is 4.91. The van der Waals surface area contributed by atoms with Crippen molar-refractivity contribution in [2.45, 2.75) is 31.6 Å². The van der Waals surface area contributed by atoms with Gasteiger partial charge in [-0.1, -0.05) is 43.6 Å². The van der Waals surface area contributed by atoms with Crippen molar-refractivity contribution in [3.05, 3.63) is 28.5 Å². The van der Waals surface area contributed by atoms with E-state index in [2.05, 4.69) is 0 Å². The molecule has 1 unspecified atom stereocenters. The Morgan fingerprint density at radius 2 is 2.05 bits per heavy atom. The van der Waals surface area contributed by atoms with Gasteiger partial charge in [-0.25, -0.2) is 4.39 Å². The van der Waals surface area contributed by atoms with Gasteiger partial charge in [0, 0.05) is 11.3 Å². The molecular weight excluding hydrogens is 310 g/mol. The molecule has 0 bridgehead atoms. The molecule has 6 heteroatoms. The summed E-state index contributed by atoms with van der Waals surface area (Å²) in [6.07, 6.45) is 1.30. The van der Waals surface area contributed by atoms with Crippen molar-refractivity contribution in [3.63, 3.8) is 0 Å². The maximum Gasteiger partial charge on any atom is 0.255 e. The molecule has 104 valence electrons. The summed E-state index contributed by atoms with van der Waals surface area (Å²) >= 11 is 12.0. The second-order valence-corrected chi connectivity index (χ2v) is 6.08. The van der Waals surface area contributed by atoms with Gasteiger partial charge in [0.1, 0.15) is 5.82 Å². The van der Waals surface area contributed by atoms with E-state index < -0.39 is 11.1 Å². The van der Waals surface area contributed by atoms with Gasteiger partial charge in [-0.3, -0.25) is 9.59 Å². The third-order valence-corrected chi connectivity index (χ3v) is 4.25. The molecule has 1 rings (SSSR count). The van der Waals surface area contributed by atoms with Crippen molar-refractivity contribution in [3.8, 4) is 0 Å². The lowest BCUT2D eigenvalue weighted by Crippen LogP contribution is -2.02. The van der Waals surface area contributed by atoms with Crippen LogP contribution in [0.4, 0.5) is 4.39 Å². The highest BCUT2D eigenvalue weighted by atomic mass is 35.5. The maximum absolute atomic E-state index is 13.4. The predicted molar refractivity (Wildman–Crippen MR) is 76.5 cm³/mol. The molecule has 0 aromatic heterocycles. The van der Waals surface area contributed by atoms with Crippen molar-refractivity contribution in [1.29, 1.82) is 0 Å². The quantitative estimate of drug-likeness (QED) is 0.570. The Morgan fingerprint density at radius 1 is 1.42 bits per heavy atom. The topological polar surface area (TPSA) is 34.1 Å². The van der Waals surface area contributed by atoms with Gasteiger partial charge in [0.15, 0.2) is 5.12 Å². The number of hydrogen-bond donors (Lipinski definition) is 0. The van der Waals surface area contributed by atoms with Crippen LogP contribution < -0.4 is 0 Å². The molecule has 2 nitrogen and oxygen atoms in total. The van der Waals surface area contributed by atoms with Crippen molar-refractivity contribution in [2.75, 3.05) is 0 Å². The summed E-state index contributed by atoms with van der Waals surface area (Å²) in [5, 5.41) is -0.886. The molecule has 1 aromatic carbocycles. The van der Waals surface area contributed by atoms with Crippen LogP contribution in [0, 0.1) is 11.7 Å². The third-order valence-electron chi connectivity index (χ3n) is 2.67. The van der Waals surface area contributed by atoms with Gasteiger partial charge in [0.2, 0.25) is 0 Å². The Kier molecular flexibility index (Phi) is 6.30. The van der Waals surface area contributed by atoms with Crippen LogP contribution in [-0.4, -0.2) is 10.4 Å². The van der Waals surface area contributed by atoms with Gasteiger partial charge < -0.3 is 0 Å². The Labute approximate surface area is 125 Å². The van der Waals surface area contributed by atoms with Crippen LogP contribution in [0.15, 0.2) is 17.0 Å². The SMILES string of the molecule is CCC(C)CC(=O)Sc1cc(C(=O)Cl)c(F)cc1Cl. The second-order valence-electron chi connectivity index (χ2n) is 4.23. The van der Waals surface area contributed by atoms with Gasteiger partial charge in [0.05, 0.1) is 10.6 Å². The average Bonchev–Trinajstić information content (AvgIpc) is 2.31. The van der Waals surface area contributed by atoms with Crippen LogP contribution in [0.1, 0.15) is 37.0 Å². The average molecular weight is 323 g/mol. The van der Waals surface area contributed by atoms with Crippen LogP contribution in [0.3, 0.4) is 0 Å². The van der Waals surface area contributed by atoms with E-state index in [0.717, 1.165) is 24.2 Å². The number of halogens is 3. The number of rotatable bonds is 5. The minimum Gasteiger partial charge on any atom is -0.287 e. The first-order valence-electron chi connectivity index (χ1n) is 5.74. The highest BCUT2D eigenvalue weighted by Gasteiger charge is 2.17. The summed E-state index contributed by atoms with van der Waals surface area (Å²) in [6.45, 7) is 3.97. The van der Waals surface area contributed by atoms with Crippen molar-refractivity contribution >= 4 is 45.3 Å². The van der Waals surface area contributed by atoms with E-state index >= 15 is 0 Å². The van der Waals surface area contributed by atoms with Crippen molar-refractivity contribution in [2.24, 2.45) is 5.92 Å². The largest absolute Gasteiger partial charge is 0.287 e. The monoisotopic (exact) mass is 322 g/mol. The van der Waals surface area contributed by atoms with E-state index in [4.69, 9.17) is 23.2 Å². The van der Waals surface area contributed by atoms with Gasteiger partial charge >= 0.3 is 0 Å². The molecule has 1 aromatic rings. The first kappa shape index (κ1) is 16.5. The molecule has 0 aliphatic carbocycles. The molecule has 0 saturated heterocycles. The lowest BCUT2D eigenvalue weighted by Gasteiger charge is -2.08. The number of benzene rings is 1. The molecule has 0 aliphatic rings. The van der Waals surface area contributed by atoms with Crippen molar-refractivity contribution < 1.29 is 14.0 Å². The summed E-state index contributed by atoms with van der Waals surface area (Å²) in [7, 11) is 0. The van der Waals surface area contributed by atoms with Crippen LogP contribution in [0.25, 0.3) is 0 Å². The molecule has 0 amide bonds. The standard InChI is InChI=1S/C13H13Cl2FO2S/c1-3-7(2)4-12(17)19-11-5-8(13(15)18)10(16)6-9(11)14/h5-7H,3-4H2,1-2H3. The minimum atomic E-state index is -0.912. The number of carbonyl (C=O) groups is 2. The van der Waals surface area contributed by atoms with E-state index in [9.17, 15) is 14.0 Å². The molecule has 0 aliphatic heterocycles. The van der Waals surface area contributed by atoms with E-state index in [1.807, 2.05) is 13.8 Å².